The molecule has 0 saturated carbocycles. The third-order valence-electron chi connectivity index (χ3n) is 2.88. The van der Waals surface area contributed by atoms with Gasteiger partial charge in [-0.1, -0.05) is 12.1 Å². The molecule has 0 fully saturated rings. The molecule has 8 heteroatoms. The van der Waals surface area contributed by atoms with Gasteiger partial charge in [0.1, 0.15) is 0 Å². The molecular formula is C11H15BrN6O. The molecule has 0 unspecified atom stereocenters. The normalized spacial score (nSPS) is 12.1. The first kappa shape index (κ1) is 13.6. The van der Waals surface area contributed by atoms with Crippen LogP contribution in [0.2, 0.25) is 0 Å². The maximum Gasteiger partial charge on any atom is 0.206 e. The van der Waals surface area contributed by atoms with Crippen molar-refractivity contribution in [2.75, 3.05) is 0 Å². The zero-order valence-corrected chi connectivity index (χ0v) is 12.3. The zero-order chi connectivity index (χ0) is 14.0. The molecule has 0 aliphatic rings. The van der Waals surface area contributed by atoms with Crippen molar-refractivity contribution in [1.29, 1.82) is 0 Å². The number of hydrogen-bond acceptors (Lipinski definition) is 4. The highest BCUT2D eigenvalue weighted by Crippen LogP contribution is 2.22. The van der Waals surface area contributed by atoms with Gasteiger partial charge < -0.3 is 15.5 Å². The van der Waals surface area contributed by atoms with Gasteiger partial charge >= 0.3 is 0 Å². The summed E-state index contributed by atoms with van der Waals surface area (Å²) in [4.78, 5) is 4.07. The first-order valence-electron chi connectivity index (χ1n) is 5.77. The number of hydrogen-bond donors (Lipinski definition) is 2. The van der Waals surface area contributed by atoms with E-state index < -0.39 is 0 Å². The Bertz CT molecular complexity index is 615. The van der Waals surface area contributed by atoms with E-state index in [1.807, 2.05) is 11.7 Å². The predicted octanol–water partition coefficient (Wildman–Crippen LogP) is 1.08. The zero-order valence-electron chi connectivity index (χ0n) is 10.7. The van der Waals surface area contributed by atoms with E-state index in [0.717, 1.165) is 22.3 Å². The van der Waals surface area contributed by atoms with Crippen LogP contribution < -0.4 is 5.73 Å². The minimum atomic E-state index is -0.0148. The van der Waals surface area contributed by atoms with Crippen molar-refractivity contribution in [3.8, 4) is 0 Å². The van der Waals surface area contributed by atoms with E-state index in [2.05, 4.69) is 38.1 Å². The number of rotatable bonds is 4. The summed E-state index contributed by atoms with van der Waals surface area (Å²) in [5, 5.41) is 16.1. The van der Waals surface area contributed by atoms with Crippen LogP contribution in [0.1, 0.15) is 24.1 Å². The van der Waals surface area contributed by atoms with E-state index >= 15 is 0 Å². The second kappa shape index (κ2) is 5.43. The van der Waals surface area contributed by atoms with Crippen LogP contribution in [0.15, 0.2) is 22.0 Å². The average Bonchev–Trinajstić information content (AvgIpc) is 2.97. The second-order valence-corrected chi connectivity index (χ2v) is 4.84. The fourth-order valence-corrected chi connectivity index (χ4v) is 2.61. The van der Waals surface area contributed by atoms with Crippen LogP contribution >= 0.6 is 15.9 Å². The average molecular weight is 327 g/mol. The third-order valence-corrected chi connectivity index (χ3v) is 3.79. The molecule has 0 bridgehead atoms. The molecule has 0 aliphatic heterocycles. The lowest BCUT2D eigenvalue weighted by molar-refractivity contribution is 0.318. The number of aromatic nitrogens is 4. The molecule has 3 N–H and O–H groups in total. The fraction of sp³-hybridized carbons (Fsp3) is 0.364. The number of aryl methyl sites for hydroxylation is 2. The Morgan fingerprint density at radius 3 is 2.89 bits per heavy atom. The van der Waals surface area contributed by atoms with Crippen molar-refractivity contribution in [1.82, 2.24) is 19.3 Å². The number of oxime groups is 1. The summed E-state index contributed by atoms with van der Waals surface area (Å²) in [5.74, 6) is 0.410. The minimum Gasteiger partial charge on any atom is -0.409 e. The SMILES string of the molecule is CCc1nn(C)c(Cn2ccnc2C(N)=NO)c1Br. The highest BCUT2D eigenvalue weighted by molar-refractivity contribution is 9.10. The van der Waals surface area contributed by atoms with Crippen LogP contribution in [0, 0.1) is 0 Å². The van der Waals surface area contributed by atoms with Crippen molar-refractivity contribution in [2.24, 2.45) is 17.9 Å². The summed E-state index contributed by atoms with van der Waals surface area (Å²) in [6, 6.07) is 0. The quantitative estimate of drug-likeness (QED) is 0.380. The number of halogens is 1. The van der Waals surface area contributed by atoms with E-state index in [-0.39, 0.29) is 5.84 Å². The molecule has 0 amide bonds. The molecule has 0 saturated heterocycles. The third kappa shape index (κ3) is 2.48. The lowest BCUT2D eigenvalue weighted by atomic mass is 10.3. The van der Waals surface area contributed by atoms with Gasteiger partial charge in [-0.15, -0.1) is 0 Å². The summed E-state index contributed by atoms with van der Waals surface area (Å²) >= 11 is 3.56. The largest absolute Gasteiger partial charge is 0.409 e. The van der Waals surface area contributed by atoms with Crippen LogP contribution in [0.5, 0.6) is 0 Å². The highest BCUT2D eigenvalue weighted by atomic mass is 79.9. The Morgan fingerprint density at radius 1 is 1.58 bits per heavy atom. The van der Waals surface area contributed by atoms with Crippen molar-refractivity contribution in [3.05, 3.63) is 34.1 Å². The van der Waals surface area contributed by atoms with Crippen molar-refractivity contribution >= 4 is 21.8 Å². The molecule has 2 aromatic heterocycles. The molecule has 0 aliphatic carbocycles. The summed E-state index contributed by atoms with van der Waals surface area (Å²) < 4.78 is 4.60. The number of nitrogens with zero attached hydrogens (tertiary/aromatic N) is 5. The van der Waals surface area contributed by atoms with Crippen LogP contribution in [-0.2, 0) is 20.0 Å². The van der Waals surface area contributed by atoms with Gasteiger partial charge in [-0.05, 0) is 22.4 Å². The van der Waals surface area contributed by atoms with E-state index in [1.54, 1.807) is 17.0 Å². The monoisotopic (exact) mass is 326 g/mol. The van der Waals surface area contributed by atoms with E-state index in [9.17, 15) is 0 Å². The predicted molar refractivity (Wildman–Crippen MR) is 74.1 cm³/mol. The molecule has 19 heavy (non-hydrogen) atoms. The van der Waals surface area contributed by atoms with Crippen LogP contribution in [0.4, 0.5) is 0 Å². The Labute approximate surface area is 118 Å². The molecule has 0 spiro atoms. The van der Waals surface area contributed by atoms with Crippen molar-refractivity contribution < 1.29 is 5.21 Å². The van der Waals surface area contributed by atoms with Gasteiger partial charge in [0.15, 0.2) is 5.82 Å². The first-order valence-corrected chi connectivity index (χ1v) is 6.57. The molecule has 0 atom stereocenters. The van der Waals surface area contributed by atoms with Gasteiger partial charge in [0.2, 0.25) is 5.84 Å². The van der Waals surface area contributed by atoms with Gasteiger partial charge in [-0.3, -0.25) is 4.68 Å². The van der Waals surface area contributed by atoms with Gasteiger partial charge in [0.05, 0.1) is 22.4 Å². The van der Waals surface area contributed by atoms with Crippen molar-refractivity contribution in [3.63, 3.8) is 0 Å². The molecular weight excluding hydrogens is 312 g/mol. The molecule has 2 heterocycles. The molecule has 2 rings (SSSR count). The van der Waals surface area contributed by atoms with Gasteiger partial charge in [0, 0.05) is 19.4 Å². The van der Waals surface area contributed by atoms with Crippen LogP contribution in [0.3, 0.4) is 0 Å². The number of imidazole rings is 1. The molecule has 2 aromatic rings. The molecule has 7 nitrogen and oxygen atoms in total. The first-order chi connectivity index (χ1) is 9.08. The summed E-state index contributed by atoms with van der Waals surface area (Å²) in [5.41, 5.74) is 7.59. The molecule has 102 valence electrons. The topological polar surface area (TPSA) is 94.2 Å². The smallest absolute Gasteiger partial charge is 0.206 e. The lowest BCUT2D eigenvalue weighted by Crippen LogP contribution is -2.20. The Kier molecular flexibility index (Phi) is 3.89. The van der Waals surface area contributed by atoms with Gasteiger partial charge in [0.25, 0.3) is 0 Å². The summed E-state index contributed by atoms with van der Waals surface area (Å²) in [6.45, 7) is 2.59. The van der Waals surface area contributed by atoms with E-state index in [1.165, 1.54) is 0 Å². The number of amidine groups is 1. The Balaban J connectivity index is 2.37. The number of nitrogens with two attached hydrogens (primary N) is 1. The van der Waals surface area contributed by atoms with Gasteiger partial charge in [-0.25, -0.2) is 4.98 Å². The van der Waals surface area contributed by atoms with Crippen molar-refractivity contribution in [2.45, 2.75) is 19.9 Å². The van der Waals surface area contributed by atoms with Crippen LogP contribution in [-0.4, -0.2) is 30.4 Å². The van der Waals surface area contributed by atoms with Gasteiger partial charge in [-0.2, -0.15) is 5.10 Å². The lowest BCUT2D eigenvalue weighted by Gasteiger charge is -2.07. The summed E-state index contributed by atoms with van der Waals surface area (Å²) in [7, 11) is 1.89. The second-order valence-electron chi connectivity index (χ2n) is 4.05. The van der Waals surface area contributed by atoms with E-state index in [4.69, 9.17) is 10.9 Å². The Hall–Kier alpha value is -1.83. The summed E-state index contributed by atoms with van der Waals surface area (Å²) in [6.07, 6.45) is 4.24. The molecule has 0 radical (unpaired) electrons. The molecule has 0 aromatic carbocycles. The standard InChI is InChI=1S/C11H15BrN6O/c1-3-7-9(12)8(17(2)15-7)6-18-5-4-14-11(18)10(13)16-19/h4-5,19H,3,6H2,1-2H3,(H2,13,16). The van der Waals surface area contributed by atoms with E-state index in [0.29, 0.717) is 12.4 Å². The Morgan fingerprint density at radius 2 is 2.32 bits per heavy atom. The maximum absolute atomic E-state index is 8.73. The minimum absolute atomic E-state index is 0.0148. The fourth-order valence-electron chi connectivity index (χ4n) is 1.87. The maximum atomic E-state index is 8.73. The van der Waals surface area contributed by atoms with Crippen LogP contribution in [0.25, 0.3) is 0 Å². The highest BCUT2D eigenvalue weighted by Gasteiger charge is 2.15.